The van der Waals surface area contributed by atoms with Crippen molar-refractivity contribution in [2.45, 2.75) is 26.4 Å². The van der Waals surface area contributed by atoms with E-state index in [0.717, 1.165) is 31.0 Å². The first-order valence-electron chi connectivity index (χ1n) is 5.92. The monoisotopic (exact) mass is 238 g/mol. The molecule has 0 fully saturated rings. The second kappa shape index (κ2) is 7.01. The molecule has 0 spiro atoms. The highest BCUT2D eigenvalue weighted by molar-refractivity contribution is 5.59. The van der Waals surface area contributed by atoms with Crippen LogP contribution < -0.4 is 15.8 Å². The van der Waals surface area contributed by atoms with Crippen LogP contribution in [0.15, 0.2) is 18.2 Å². The number of methoxy groups -OCH3 is 1. The molecule has 0 bridgehead atoms. The molecule has 1 aromatic rings. The largest absolute Gasteiger partial charge is 0.491 e. The number of nitrogen functional groups attached to an aromatic ring is 1. The Bertz CT molecular complexity index is 340. The van der Waals surface area contributed by atoms with Gasteiger partial charge in [0.25, 0.3) is 0 Å². The number of nitrogens with two attached hydrogens (primary N) is 1. The van der Waals surface area contributed by atoms with Gasteiger partial charge in [0, 0.05) is 43.8 Å². The van der Waals surface area contributed by atoms with Gasteiger partial charge in [-0.15, -0.1) is 0 Å². The van der Waals surface area contributed by atoms with Gasteiger partial charge in [-0.25, -0.2) is 0 Å². The standard InChI is InChI=1S/C13H22N2O2/c1-10(2)17-13-8-11(14)7-12(9-13)15-5-4-6-16-3/h7-10,15H,4-6,14H2,1-3H3. The van der Waals surface area contributed by atoms with Crippen molar-refractivity contribution in [2.75, 3.05) is 31.3 Å². The van der Waals surface area contributed by atoms with Crippen LogP contribution in [0.25, 0.3) is 0 Å². The van der Waals surface area contributed by atoms with Crippen LogP contribution >= 0.6 is 0 Å². The summed E-state index contributed by atoms with van der Waals surface area (Å²) in [6.45, 7) is 5.60. The summed E-state index contributed by atoms with van der Waals surface area (Å²) in [5, 5.41) is 3.29. The molecular formula is C13H22N2O2. The number of hydrogen-bond donors (Lipinski definition) is 2. The van der Waals surface area contributed by atoms with Crippen molar-refractivity contribution in [3.8, 4) is 5.75 Å². The molecule has 4 heteroatoms. The summed E-state index contributed by atoms with van der Waals surface area (Å²) >= 11 is 0. The molecule has 0 saturated heterocycles. The summed E-state index contributed by atoms with van der Waals surface area (Å²) in [7, 11) is 1.70. The molecule has 4 nitrogen and oxygen atoms in total. The van der Waals surface area contributed by atoms with E-state index in [4.69, 9.17) is 15.2 Å². The van der Waals surface area contributed by atoms with Crippen LogP contribution in [0.3, 0.4) is 0 Å². The highest BCUT2D eigenvalue weighted by Crippen LogP contribution is 2.23. The van der Waals surface area contributed by atoms with Crippen LogP contribution in [-0.2, 0) is 4.74 Å². The van der Waals surface area contributed by atoms with E-state index in [1.165, 1.54) is 0 Å². The average molecular weight is 238 g/mol. The molecule has 1 rings (SSSR count). The minimum Gasteiger partial charge on any atom is -0.491 e. The summed E-state index contributed by atoms with van der Waals surface area (Å²) in [5.74, 6) is 0.800. The summed E-state index contributed by atoms with van der Waals surface area (Å²) < 4.78 is 10.6. The van der Waals surface area contributed by atoms with Crippen molar-refractivity contribution in [3.63, 3.8) is 0 Å². The molecule has 0 aliphatic carbocycles. The van der Waals surface area contributed by atoms with Gasteiger partial charge < -0.3 is 20.5 Å². The lowest BCUT2D eigenvalue weighted by atomic mass is 10.2. The Hall–Kier alpha value is -1.42. The Labute approximate surface area is 103 Å². The third kappa shape index (κ3) is 5.45. The van der Waals surface area contributed by atoms with Crippen LogP contribution in [-0.4, -0.2) is 26.4 Å². The molecule has 96 valence electrons. The lowest BCUT2D eigenvalue weighted by molar-refractivity contribution is 0.198. The third-order valence-electron chi connectivity index (χ3n) is 2.16. The van der Waals surface area contributed by atoms with Gasteiger partial charge in [0.05, 0.1) is 6.10 Å². The smallest absolute Gasteiger partial charge is 0.123 e. The fourth-order valence-electron chi connectivity index (χ4n) is 1.51. The van der Waals surface area contributed by atoms with Crippen LogP contribution in [0, 0.1) is 0 Å². The van der Waals surface area contributed by atoms with Gasteiger partial charge >= 0.3 is 0 Å². The molecule has 0 saturated carbocycles. The molecule has 0 radical (unpaired) electrons. The van der Waals surface area contributed by atoms with Gasteiger partial charge in [-0.2, -0.15) is 0 Å². The summed E-state index contributed by atoms with van der Waals surface area (Å²) in [6.07, 6.45) is 1.12. The molecule has 0 aromatic heterocycles. The van der Waals surface area contributed by atoms with Crippen molar-refractivity contribution in [2.24, 2.45) is 0 Å². The maximum atomic E-state index is 5.82. The van der Waals surface area contributed by atoms with E-state index < -0.39 is 0 Å². The van der Waals surface area contributed by atoms with Gasteiger partial charge in [0.15, 0.2) is 0 Å². The Morgan fingerprint density at radius 2 is 2.06 bits per heavy atom. The first-order chi connectivity index (χ1) is 8.11. The molecule has 0 aliphatic heterocycles. The fraction of sp³-hybridized carbons (Fsp3) is 0.538. The maximum absolute atomic E-state index is 5.82. The highest BCUT2D eigenvalue weighted by Gasteiger charge is 2.01. The second-order valence-corrected chi connectivity index (χ2v) is 4.23. The summed E-state index contributed by atoms with van der Waals surface area (Å²) in [5.41, 5.74) is 7.51. The van der Waals surface area contributed by atoms with E-state index in [1.807, 2.05) is 32.0 Å². The summed E-state index contributed by atoms with van der Waals surface area (Å²) in [4.78, 5) is 0. The van der Waals surface area contributed by atoms with Gasteiger partial charge in [-0.3, -0.25) is 0 Å². The molecule has 0 atom stereocenters. The lowest BCUT2D eigenvalue weighted by Crippen LogP contribution is -2.08. The lowest BCUT2D eigenvalue weighted by Gasteiger charge is -2.13. The Kier molecular flexibility index (Phi) is 5.63. The average Bonchev–Trinajstić information content (AvgIpc) is 2.22. The minimum absolute atomic E-state index is 0.151. The predicted octanol–water partition coefficient (Wildman–Crippen LogP) is 2.50. The number of ether oxygens (including phenoxy) is 2. The molecule has 17 heavy (non-hydrogen) atoms. The SMILES string of the molecule is COCCCNc1cc(N)cc(OC(C)C)c1. The first-order valence-corrected chi connectivity index (χ1v) is 5.92. The van der Waals surface area contributed by atoms with Crippen molar-refractivity contribution < 1.29 is 9.47 Å². The number of benzene rings is 1. The maximum Gasteiger partial charge on any atom is 0.123 e. The number of anilines is 2. The minimum atomic E-state index is 0.151. The molecule has 0 unspecified atom stereocenters. The quantitative estimate of drug-likeness (QED) is 0.566. The number of nitrogens with one attached hydrogen (secondary N) is 1. The topological polar surface area (TPSA) is 56.5 Å². The van der Waals surface area contributed by atoms with Crippen molar-refractivity contribution in [1.82, 2.24) is 0 Å². The number of rotatable bonds is 7. The van der Waals surface area contributed by atoms with E-state index in [9.17, 15) is 0 Å². The van der Waals surface area contributed by atoms with Crippen LogP contribution in [0.2, 0.25) is 0 Å². The highest BCUT2D eigenvalue weighted by atomic mass is 16.5. The van der Waals surface area contributed by atoms with E-state index in [2.05, 4.69) is 5.32 Å². The van der Waals surface area contributed by atoms with Gasteiger partial charge in [-0.05, 0) is 26.3 Å². The predicted molar refractivity (Wildman–Crippen MR) is 71.6 cm³/mol. The Balaban J connectivity index is 2.56. The zero-order valence-electron chi connectivity index (χ0n) is 10.8. The zero-order chi connectivity index (χ0) is 12.7. The van der Waals surface area contributed by atoms with Crippen LogP contribution in [0.4, 0.5) is 11.4 Å². The van der Waals surface area contributed by atoms with Crippen LogP contribution in [0.1, 0.15) is 20.3 Å². The molecule has 0 aliphatic rings. The van der Waals surface area contributed by atoms with E-state index >= 15 is 0 Å². The van der Waals surface area contributed by atoms with E-state index in [-0.39, 0.29) is 6.10 Å². The normalized spacial score (nSPS) is 10.6. The molecular weight excluding hydrogens is 216 g/mol. The fourth-order valence-corrected chi connectivity index (χ4v) is 1.51. The van der Waals surface area contributed by atoms with Gasteiger partial charge in [0.1, 0.15) is 5.75 Å². The Morgan fingerprint density at radius 1 is 1.29 bits per heavy atom. The second-order valence-electron chi connectivity index (χ2n) is 4.23. The third-order valence-corrected chi connectivity index (χ3v) is 2.16. The molecule has 0 heterocycles. The van der Waals surface area contributed by atoms with Gasteiger partial charge in [-0.1, -0.05) is 0 Å². The van der Waals surface area contributed by atoms with Crippen molar-refractivity contribution >= 4 is 11.4 Å². The first kappa shape index (κ1) is 13.6. The van der Waals surface area contributed by atoms with Gasteiger partial charge in [0.2, 0.25) is 0 Å². The molecule has 3 N–H and O–H groups in total. The van der Waals surface area contributed by atoms with E-state index in [1.54, 1.807) is 7.11 Å². The van der Waals surface area contributed by atoms with Crippen molar-refractivity contribution in [1.29, 1.82) is 0 Å². The molecule has 1 aromatic carbocycles. The Morgan fingerprint density at radius 3 is 2.71 bits per heavy atom. The van der Waals surface area contributed by atoms with E-state index in [0.29, 0.717) is 5.69 Å². The van der Waals surface area contributed by atoms with Crippen molar-refractivity contribution in [3.05, 3.63) is 18.2 Å². The summed E-state index contributed by atoms with van der Waals surface area (Å²) in [6, 6.07) is 5.70. The van der Waals surface area contributed by atoms with Crippen LogP contribution in [0.5, 0.6) is 5.75 Å². The molecule has 0 amide bonds. The number of hydrogen-bond acceptors (Lipinski definition) is 4. The zero-order valence-corrected chi connectivity index (χ0v) is 10.8.